The molecule has 2 aromatic rings. The van der Waals surface area contributed by atoms with E-state index in [1.165, 1.54) is 6.20 Å². The lowest BCUT2D eigenvalue weighted by Crippen LogP contribution is -2.59. The van der Waals surface area contributed by atoms with E-state index in [0.29, 0.717) is 29.5 Å². The van der Waals surface area contributed by atoms with Crippen molar-refractivity contribution in [3.05, 3.63) is 42.1 Å². The Balaban J connectivity index is 2.10. The molecular formula is C22H28N3O5-. The summed E-state index contributed by atoms with van der Waals surface area (Å²) in [6, 6.07) is 7.82. The van der Waals surface area contributed by atoms with E-state index in [4.69, 9.17) is 9.47 Å². The summed E-state index contributed by atoms with van der Waals surface area (Å²) >= 11 is 0. The topological polar surface area (TPSA) is 104 Å². The number of pyridine rings is 1. The number of carbonyl (C=O) groups is 2. The van der Waals surface area contributed by atoms with E-state index >= 15 is 0 Å². The number of aromatic nitrogens is 1. The van der Waals surface area contributed by atoms with E-state index < -0.39 is 23.6 Å². The molecule has 2 amide bonds. The van der Waals surface area contributed by atoms with E-state index in [2.05, 4.69) is 10.3 Å². The van der Waals surface area contributed by atoms with Crippen molar-refractivity contribution in [3.8, 4) is 17.4 Å². The fourth-order valence-electron chi connectivity index (χ4n) is 3.08. The molecule has 8 nitrogen and oxygen atoms in total. The van der Waals surface area contributed by atoms with Crippen LogP contribution in [0.5, 0.6) is 17.4 Å². The summed E-state index contributed by atoms with van der Waals surface area (Å²) in [6.07, 6.45) is 0.368. The number of amides is 2. The van der Waals surface area contributed by atoms with Gasteiger partial charge in [0.05, 0.1) is 19.0 Å². The van der Waals surface area contributed by atoms with Gasteiger partial charge in [-0.3, -0.25) is 4.79 Å². The Morgan fingerprint density at radius 1 is 1.23 bits per heavy atom. The Labute approximate surface area is 176 Å². The number of anilines is 1. The number of carboxylic acid groups (broad SMARTS) is 1. The number of nitrogens with one attached hydrogen (secondary N) is 1. The van der Waals surface area contributed by atoms with Gasteiger partial charge in [0.25, 0.3) is 0 Å². The summed E-state index contributed by atoms with van der Waals surface area (Å²) in [5.74, 6) is 1.17. The van der Waals surface area contributed by atoms with Crippen LogP contribution < -0.4 is 19.9 Å². The van der Waals surface area contributed by atoms with Crippen LogP contribution in [0.15, 0.2) is 36.5 Å². The molecule has 0 fully saturated rings. The van der Waals surface area contributed by atoms with Crippen molar-refractivity contribution < 1.29 is 24.2 Å². The van der Waals surface area contributed by atoms with E-state index in [1.807, 2.05) is 19.1 Å². The van der Waals surface area contributed by atoms with Gasteiger partial charge in [0.1, 0.15) is 23.6 Å². The van der Waals surface area contributed by atoms with Crippen LogP contribution in [-0.2, 0) is 4.79 Å². The van der Waals surface area contributed by atoms with Crippen LogP contribution in [0.25, 0.3) is 0 Å². The Morgan fingerprint density at radius 2 is 1.93 bits per heavy atom. The van der Waals surface area contributed by atoms with Crippen LogP contribution >= 0.6 is 0 Å². The van der Waals surface area contributed by atoms with Crippen molar-refractivity contribution in [2.24, 2.45) is 0 Å². The molecule has 1 aromatic heterocycles. The number of ether oxygens (including phenoxy) is 2. The largest absolute Gasteiger partial charge is 0.530 e. The first-order valence-corrected chi connectivity index (χ1v) is 9.66. The highest BCUT2D eigenvalue weighted by molar-refractivity contribution is 5.96. The van der Waals surface area contributed by atoms with Crippen molar-refractivity contribution in [2.45, 2.75) is 52.6 Å². The Bertz CT molecular complexity index is 891. The number of hydrogen-bond donors (Lipinski definition) is 1. The molecule has 0 spiro atoms. The highest BCUT2D eigenvalue weighted by Crippen LogP contribution is 2.27. The zero-order chi connectivity index (χ0) is 22.5. The van der Waals surface area contributed by atoms with Gasteiger partial charge in [-0.15, -0.1) is 0 Å². The highest BCUT2D eigenvalue weighted by Gasteiger charge is 2.32. The van der Waals surface area contributed by atoms with Crippen LogP contribution in [0.4, 0.5) is 10.5 Å². The molecule has 1 atom stereocenters. The second kappa shape index (κ2) is 9.47. The maximum atomic E-state index is 12.7. The molecule has 2 rings (SSSR count). The maximum absolute atomic E-state index is 12.7. The van der Waals surface area contributed by atoms with Gasteiger partial charge in [0, 0.05) is 17.7 Å². The highest BCUT2D eigenvalue weighted by atomic mass is 16.5. The summed E-state index contributed by atoms with van der Waals surface area (Å²) in [7, 11) is 1.59. The minimum Gasteiger partial charge on any atom is -0.530 e. The summed E-state index contributed by atoms with van der Waals surface area (Å²) in [4.78, 5) is 29.5. The Hall–Kier alpha value is -3.29. The molecule has 1 heterocycles. The lowest BCUT2D eigenvalue weighted by atomic mass is 10.0. The predicted octanol–water partition coefficient (Wildman–Crippen LogP) is 3.35. The molecule has 0 aliphatic carbocycles. The Morgan fingerprint density at radius 3 is 2.43 bits per heavy atom. The maximum Gasteiger partial charge on any atom is 0.247 e. The Kier molecular flexibility index (Phi) is 7.26. The molecular weight excluding hydrogens is 386 g/mol. The van der Waals surface area contributed by atoms with Crippen LogP contribution in [0, 0.1) is 6.92 Å². The van der Waals surface area contributed by atoms with Crippen LogP contribution in [0.2, 0.25) is 0 Å². The number of rotatable bonds is 7. The monoisotopic (exact) mass is 414 g/mol. The average molecular weight is 414 g/mol. The number of benzene rings is 1. The standard InChI is InChI=1S/C22H29N3O5/c1-7-17(25(21(27)28)22(3,4)5)20(26)24-15-9-11-19(23-13-15)30-16-10-8-14(2)18(12-16)29-6/h8-13,17H,7H2,1-6H3,(H,24,26)(H,27,28)/p-1/t17-/m0/s1. The SMILES string of the molecule is CC[C@@H](C(=O)Nc1ccc(Oc2ccc(C)c(OC)c2)nc1)N(C(=O)[O-])C(C)(C)C. The van der Waals surface area contributed by atoms with Crippen molar-refractivity contribution in [2.75, 3.05) is 12.4 Å². The lowest BCUT2D eigenvalue weighted by Gasteiger charge is -2.42. The molecule has 30 heavy (non-hydrogen) atoms. The zero-order valence-corrected chi connectivity index (χ0v) is 18.2. The van der Waals surface area contributed by atoms with E-state index in [9.17, 15) is 14.7 Å². The first kappa shape index (κ1) is 23.0. The van der Waals surface area contributed by atoms with Gasteiger partial charge in [-0.25, -0.2) is 4.98 Å². The van der Waals surface area contributed by atoms with Crippen molar-refractivity contribution >= 4 is 17.7 Å². The smallest absolute Gasteiger partial charge is 0.247 e. The van der Waals surface area contributed by atoms with Crippen LogP contribution in [-0.4, -0.2) is 40.6 Å². The first-order chi connectivity index (χ1) is 14.1. The second-order valence-corrected chi connectivity index (χ2v) is 7.84. The molecule has 0 aliphatic rings. The average Bonchev–Trinajstić information content (AvgIpc) is 2.67. The van der Waals surface area contributed by atoms with Gasteiger partial charge in [0.15, 0.2) is 0 Å². The van der Waals surface area contributed by atoms with Gasteiger partial charge < -0.3 is 29.6 Å². The van der Waals surface area contributed by atoms with E-state index in [1.54, 1.807) is 53.0 Å². The molecule has 0 radical (unpaired) electrons. The fourth-order valence-corrected chi connectivity index (χ4v) is 3.08. The van der Waals surface area contributed by atoms with Gasteiger partial charge >= 0.3 is 0 Å². The quantitative estimate of drug-likeness (QED) is 0.745. The summed E-state index contributed by atoms with van der Waals surface area (Å²) in [5, 5.41) is 14.3. The van der Waals surface area contributed by atoms with Crippen LogP contribution in [0.1, 0.15) is 39.7 Å². The molecule has 162 valence electrons. The molecule has 0 aliphatic heterocycles. The molecule has 1 N–H and O–H groups in total. The number of methoxy groups -OCH3 is 1. The molecule has 0 saturated carbocycles. The zero-order valence-electron chi connectivity index (χ0n) is 18.2. The minimum atomic E-state index is -1.39. The third-order valence-electron chi connectivity index (χ3n) is 4.53. The van der Waals surface area contributed by atoms with Gasteiger partial charge in [-0.2, -0.15) is 0 Å². The van der Waals surface area contributed by atoms with E-state index in [-0.39, 0.29) is 0 Å². The third kappa shape index (κ3) is 5.62. The van der Waals surface area contributed by atoms with Gasteiger partial charge in [-0.05, 0) is 51.8 Å². The number of nitrogens with zero attached hydrogens (tertiary/aromatic N) is 2. The van der Waals surface area contributed by atoms with Crippen molar-refractivity contribution in [1.29, 1.82) is 0 Å². The molecule has 0 bridgehead atoms. The number of hydrogen-bond acceptors (Lipinski definition) is 6. The lowest BCUT2D eigenvalue weighted by molar-refractivity contribution is -0.273. The fraction of sp³-hybridized carbons (Fsp3) is 0.409. The summed E-state index contributed by atoms with van der Waals surface area (Å²) < 4.78 is 11.0. The third-order valence-corrected chi connectivity index (χ3v) is 4.53. The predicted molar refractivity (Wildman–Crippen MR) is 112 cm³/mol. The molecule has 8 heteroatoms. The van der Waals surface area contributed by atoms with Crippen LogP contribution in [0.3, 0.4) is 0 Å². The summed E-state index contributed by atoms with van der Waals surface area (Å²) in [6.45, 7) is 8.82. The molecule has 0 saturated heterocycles. The van der Waals surface area contributed by atoms with Gasteiger partial charge in [0.2, 0.25) is 11.8 Å². The first-order valence-electron chi connectivity index (χ1n) is 9.66. The molecule has 0 unspecified atom stereocenters. The minimum absolute atomic E-state index is 0.307. The number of aryl methyl sites for hydroxylation is 1. The summed E-state index contributed by atoms with van der Waals surface area (Å²) in [5.41, 5.74) is 0.642. The second-order valence-electron chi connectivity index (χ2n) is 7.84. The normalized spacial score (nSPS) is 12.1. The number of carbonyl (C=O) groups excluding carboxylic acids is 2. The van der Waals surface area contributed by atoms with E-state index in [0.717, 1.165) is 10.5 Å². The van der Waals surface area contributed by atoms with Gasteiger partial charge in [-0.1, -0.05) is 13.0 Å². The molecule has 1 aromatic carbocycles. The van der Waals surface area contributed by atoms with Crippen molar-refractivity contribution in [3.63, 3.8) is 0 Å². The van der Waals surface area contributed by atoms with Crippen molar-refractivity contribution in [1.82, 2.24) is 9.88 Å².